The molecule has 2 aromatic heterocycles. The number of fused-ring (bicyclic) bond motifs is 1. The Hall–Kier alpha value is -3.15. The van der Waals surface area contributed by atoms with Crippen LogP contribution in [-0.2, 0) is 24.1 Å². The first kappa shape index (κ1) is 29.4. The number of amides is 1. The van der Waals surface area contributed by atoms with E-state index in [0.29, 0.717) is 41.7 Å². The van der Waals surface area contributed by atoms with Crippen molar-refractivity contribution in [2.45, 2.75) is 83.5 Å². The number of benzene rings is 1. The van der Waals surface area contributed by atoms with E-state index in [4.69, 9.17) is 14.0 Å². The minimum atomic E-state index is -4.03. The fourth-order valence-electron chi connectivity index (χ4n) is 4.95. The molecule has 0 bridgehead atoms. The van der Waals surface area contributed by atoms with Crippen LogP contribution in [0.4, 0.5) is 4.79 Å². The van der Waals surface area contributed by atoms with Crippen molar-refractivity contribution in [1.82, 2.24) is 13.9 Å². The summed E-state index contributed by atoms with van der Waals surface area (Å²) in [7, 11) is -4.73. The summed E-state index contributed by atoms with van der Waals surface area (Å²) in [5.74, 6) is 0. The number of rotatable bonds is 4. The Labute approximate surface area is 242 Å². The second-order valence-corrected chi connectivity index (χ2v) is 14.5. The van der Waals surface area contributed by atoms with Gasteiger partial charge in [0.1, 0.15) is 5.60 Å². The molecule has 41 heavy (non-hydrogen) atoms. The third-order valence-electron chi connectivity index (χ3n) is 7.95. The summed E-state index contributed by atoms with van der Waals surface area (Å²) in [6.45, 7) is 16.0. The third kappa shape index (κ3) is 5.42. The zero-order valence-electron chi connectivity index (χ0n) is 25.0. The van der Waals surface area contributed by atoms with Gasteiger partial charge < -0.3 is 18.9 Å². The highest BCUT2D eigenvalue weighted by Crippen LogP contribution is 2.38. The van der Waals surface area contributed by atoms with E-state index in [2.05, 4.69) is 4.98 Å². The molecule has 2 aliphatic rings. The fraction of sp³-hybridized carbons (Fsp3) is 0.467. The minimum absolute atomic E-state index is 0.163. The molecular weight excluding hydrogens is 541 g/mol. The van der Waals surface area contributed by atoms with Gasteiger partial charge >= 0.3 is 13.2 Å². The summed E-state index contributed by atoms with van der Waals surface area (Å²) in [5.41, 5.74) is 1.53. The summed E-state index contributed by atoms with van der Waals surface area (Å²) in [5, 5.41) is 0.632. The van der Waals surface area contributed by atoms with Crippen molar-refractivity contribution in [2.75, 3.05) is 13.1 Å². The summed E-state index contributed by atoms with van der Waals surface area (Å²) in [4.78, 5) is 19.0. The molecule has 2 aliphatic heterocycles. The van der Waals surface area contributed by atoms with Gasteiger partial charge in [-0.2, -0.15) is 0 Å². The van der Waals surface area contributed by atoms with Crippen LogP contribution in [0.2, 0.25) is 0 Å². The van der Waals surface area contributed by atoms with Crippen LogP contribution in [0.1, 0.15) is 66.1 Å². The molecule has 5 rings (SSSR count). The SMILES string of the molecule is Cc1ccc(S(=O)(=O)n2c(C3=CCN(C(=O)OC(C)(C)C)CC3)cc3c(B4OC(C)(C)C(C)(C)O4)ccnc32)cc1. The highest BCUT2D eigenvalue weighted by atomic mass is 32.2. The Morgan fingerprint density at radius 3 is 2.24 bits per heavy atom. The van der Waals surface area contributed by atoms with E-state index in [9.17, 15) is 13.2 Å². The maximum atomic E-state index is 14.2. The molecule has 0 aliphatic carbocycles. The molecular formula is C30H38BN3O6S. The fourth-order valence-corrected chi connectivity index (χ4v) is 6.44. The van der Waals surface area contributed by atoms with Crippen LogP contribution in [0, 0.1) is 6.92 Å². The number of carbonyl (C=O) groups excluding carboxylic acids is 1. The van der Waals surface area contributed by atoms with E-state index >= 15 is 0 Å². The smallest absolute Gasteiger partial charge is 0.444 e. The van der Waals surface area contributed by atoms with Crippen LogP contribution in [-0.4, -0.2) is 65.4 Å². The topological polar surface area (TPSA) is 100.0 Å². The van der Waals surface area contributed by atoms with Gasteiger partial charge in [0.15, 0.2) is 5.65 Å². The molecule has 11 heteroatoms. The van der Waals surface area contributed by atoms with Crippen LogP contribution in [0.25, 0.3) is 16.6 Å². The van der Waals surface area contributed by atoms with Crippen LogP contribution in [0.3, 0.4) is 0 Å². The number of aromatic nitrogens is 2. The highest BCUT2D eigenvalue weighted by Gasteiger charge is 2.52. The van der Waals surface area contributed by atoms with Gasteiger partial charge in [-0.05, 0) is 97.1 Å². The van der Waals surface area contributed by atoms with Gasteiger partial charge in [-0.15, -0.1) is 0 Å². The molecule has 1 fully saturated rings. The number of hydrogen-bond acceptors (Lipinski definition) is 7. The maximum absolute atomic E-state index is 14.2. The number of carbonyl (C=O) groups is 1. The van der Waals surface area contributed by atoms with Crippen LogP contribution in [0.15, 0.2) is 53.6 Å². The van der Waals surface area contributed by atoms with Crippen molar-refractivity contribution in [3.05, 3.63) is 59.9 Å². The Morgan fingerprint density at radius 2 is 1.68 bits per heavy atom. The van der Waals surface area contributed by atoms with Gasteiger partial charge in [-0.1, -0.05) is 23.8 Å². The van der Waals surface area contributed by atoms with Crippen LogP contribution >= 0.6 is 0 Å². The number of pyridine rings is 1. The van der Waals surface area contributed by atoms with Crippen molar-refractivity contribution in [3.8, 4) is 0 Å². The summed E-state index contributed by atoms with van der Waals surface area (Å²) < 4.78 is 47.9. The molecule has 4 heterocycles. The second kappa shape index (κ2) is 9.99. The lowest BCUT2D eigenvalue weighted by Gasteiger charge is -2.32. The highest BCUT2D eigenvalue weighted by molar-refractivity contribution is 7.90. The summed E-state index contributed by atoms with van der Waals surface area (Å²) >= 11 is 0. The Balaban J connectivity index is 1.64. The van der Waals surface area contributed by atoms with Crippen molar-refractivity contribution in [3.63, 3.8) is 0 Å². The molecule has 0 atom stereocenters. The molecule has 0 saturated carbocycles. The number of hydrogen-bond donors (Lipinski definition) is 0. The monoisotopic (exact) mass is 579 g/mol. The van der Waals surface area contributed by atoms with E-state index in [0.717, 1.165) is 11.1 Å². The minimum Gasteiger partial charge on any atom is -0.444 e. The van der Waals surface area contributed by atoms with E-state index in [1.54, 1.807) is 35.4 Å². The average Bonchev–Trinajstić information content (AvgIpc) is 3.37. The molecule has 9 nitrogen and oxygen atoms in total. The predicted molar refractivity (Wildman–Crippen MR) is 160 cm³/mol. The van der Waals surface area contributed by atoms with Crippen LogP contribution < -0.4 is 5.46 Å². The quantitative estimate of drug-likeness (QED) is 0.405. The van der Waals surface area contributed by atoms with E-state index in [1.165, 1.54) is 3.97 Å². The van der Waals surface area contributed by atoms with Gasteiger partial charge in [-0.3, -0.25) is 0 Å². The zero-order valence-corrected chi connectivity index (χ0v) is 25.8. The number of nitrogens with zero attached hydrogens (tertiary/aromatic N) is 3. The summed E-state index contributed by atoms with van der Waals surface area (Å²) in [6, 6.07) is 10.4. The van der Waals surface area contributed by atoms with Crippen molar-refractivity contribution < 1.29 is 27.3 Å². The van der Waals surface area contributed by atoms with Gasteiger partial charge in [0.05, 0.1) is 21.8 Å². The average molecular weight is 580 g/mol. The number of ether oxygens (including phenoxy) is 1. The molecule has 1 amide bonds. The first-order valence-corrected chi connectivity index (χ1v) is 15.3. The van der Waals surface area contributed by atoms with E-state index in [1.807, 2.05) is 73.6 Å². The molecule has 218 valence electrons. The van der Waals surface area contributed by atoms with E-state index < -0.39 is 40.0 Å². The Kier molecular flexibility index (Phi) is 7.15. The molecule has 0 radical (unpaired) electrons. The standard InChI is InChI=1S/C30H38BN3O6S/c1-20-9-11-22(12-10-20)41(36,37)34-25(21-14-17-33(18-15-21)27(35)38-28(2,3)4)19-23-24(13-16-32-26(23)34)31-39-29(5,6)30(7,8)40-31/h9-14,16,19H,15,17-18H2,1-8H3. The van der Waals surface area contributed by atoms with E-state index in [-0.39, 0.29) is 4.90 Å². The lowest BCUT2D eigenvalue weighted by molar-refractivity contribution is 0.00578. The van der Waals surface area contributed by atoms with Gasteiger partial charge in [0.25, 0.3) is 10.0 Å². The molecule has 1 saturated heterocycles. The first-order valence-electron chi connectivity index (χ1n) is 13.9. The van der Waals surface area contributed by atoms with Gasteiger partial charge in [0, 0.05) is 24.7 Å². The molecule has 1 aromatic carbocycles. The summed E-state index contributed by atoms with van der Waals surface area (Å²) in [6.07, 6.45) is 3.53. The van der Waals surface area contributed by atoms with Gasteiger partial charge in [-0.25, -0.2) is 22.2 Å². The largest absolute Gasteiger partial charge is 0.495 e. The molecule has 0 spiro atoms. The van der Waals surface area contributed by atoms with Crippen LogP contribution in [0.5, 0.6) is 0 Å². The first-order chi connectivity index (χ1) is 19.0. The molecule has 3 aromatic rings. The normalized spacial score (nSPS) is 19.0. The predicted octanol–water partition coefficient (Wildman–Crippen LogP) is 4.91. The lowest BCUT2D eigenvalue weighted by atomic mass is 9.78. The Bertz CT molecular complexity index is 1620. The lowest BCUT2D eigenvalue weighted by Crippen LogP contribution is -2.41. The molecule has 0 N–H and O–H groups in total. The maximum Gasteiger partial charge on any atom is 0.495 e. The second-order valence-electron chi connectivity index (χ2n) is 12.7. The zero-order chi connectivity index (χ0) is 30.0. The number of aryl methyl sites for hydroxylation is 1. The Morgan fingerprint density at radius 1 is 1.05 bits per heavy atom. The van der Waals surface area contributed by atoms with Gasteiger partial charge in [0.2, 0.25) is 0 Å². The third-order valence-corrected chi connectivity index (χ3v) is 9.67. The van der Waals surface area contributed by atoms with Crippen molar-refractivity contribution >= 4 is 45.3 Å². The molecule has 0 unspecified atom stereocenters. The van der Waals surface area contributed by atoms with Crippen molar-refractivity contribution in [2.24, 2.45) is 0 Å². The van der Waals surface area contributed by atoms with Crippen molar-refractivity contribution in [1.29, 1.82) is 0 Å².